The van der Waals surface area contributed by atoms with Crippen LogP contribution in [0.3, 0.4) is 0 Å². The Labute approximate surface area is 114 Å². The summed E-state index contributed by atoms with van der Waals surface area (Å²) in [6, 6.07) is 10.5. The van der Waals surface area contributed by atoms with Crippen LogP contribution in [0.15, 0.2) is 45.8 Å². The molecule has 0 fully saturated rings. The molecule has 2 aromatic carbocycles. The smallest absolute Gasteiger partial charge is 0.241 e. The third kappa shape index (κ3) is 2.56. The molecule has 0 amide bonds. The Morgan fingerprint density at radius 2 is 1.78 bits per heavy atom. The van der Waals surface area contributed by atoms with Gasteiger partial charge in [-0.2, -0.15) is 0 Å². The molecule has 0 aliphatic rings. The van der Waals surface area contributed by atoms with E-state index in [1.165, 1.54) is 0 Å². The van der Waals surface area contributed by atoms with Crippen molar-refractivity contribution >= 4 is 36.7 Å². The number of hydrogen-bond donors (Lipinski definition) is 2. The number of hydrogen-bond acceptors (Lipinski definition) is 3. The summed E-state index contributed by atoms with van der Waals surface area (Å²) in [6.45, 7) is -0.222. The van der Waals surface area contributed by atoms with Gasteiger partial charge < -0.3 is 5.11 Å². The highest BCUT2D eigenvalue weighted by molar-refractivity contribution is 9.10. The first-order valence-electron chi connectivity index (χ1n) is 5.34. The van der Waals surface area contributed by atoms with Crippen molar-refractivity contribution in [1.29, 1.82) is 0 Å². The SMILES string of the molecule is O=S(=O)(NCCO)c1ccc(Br)c2ccccc12. The predicted molar refractivity (Wildman–Crippen MR) is 73.9 cm³/mol. The van der Waals surface area contributed by atoms with Crippen molar-refractivity contribution in [3.63, 3.8) is 0 Å². The molecule has 0 bridgehead atoms. The van der Waals surface area contributed by atoms with Crippen LogP contribution in [0.2, 0.25) is 0 Å². The second-order valence-corrected chi connectivity index (χ2v) is 6.30. The van der Waals surface area contributed by atoms with Gasteiger partial charge in [-0.3, -0.25) is 0 Å². The Balaban J connectivity index is 2.62. The molecule has 0 heterocycles. The number of benzene rings is 2. The lowest BCUT2D eigenvalue weighted by molar-refractivity contribution is 0.301. The van der Waals surface area contributed by atoms with Crippen LogP contribution in [0.4, 0.5) is 0 Å². The van der Waals surface area contributed by atoms with E-state index in [9.17, 15) is 8.42 Å². The number of sulfonamides is 1. The molecule has 0 aliphatic heterocycles. The zero-order valence-electron chi connectivity index (χ0n) is 9.43. The zero-order chi connectivity index (χ0) is 13.2. The average molecular weight is 330 g/mol. The van der Waals surface area contributed by atoms with Crippen molar-refractivity contribution in [1.82, 2.24) is 4.72 Å². The zero-order valence-corrected chi connectivity index (χ0v) is 11.8. The summed E-state index contributed by atoms with van der Waals surface area (Å²) >= 11 is 3.40. The first kappa shape index (κ1) is 13.5. The highest BCUT2D eigenvalue weighted by atomic mass is 79.9. The van der Waals surface area contributed by atoms with Gasteiger partial charge in [0, 0.05) is 16.4 Å². The standard InChI is InChI=1S/C12H12BrNO3S/c13-11-5-6-12(18(16,17)14-7-8-15)10-4-2-1-3-9(10)11/h1-6,14-15H,7-8H2. The number of aliphatic hydroxyl groups is 1. The van der Waals surface area contributed by atoms with Crippen LogP contribution in [0.5, 0.6) is 0 Å². The molecule has 0 unspecified atom stereocenters. The van der Waals surface area contributed by atoms with Crippen molar-refractivity contribution in [3.05, 3.63) is 40.9 Å². The Kier molecular flexibility index (Phi) is 4.01. The van der Waals surface area contributed by atoms with Gasteiger partial charge in [0.25, 0.3) is 0 Å². The minimum atomic E-state index is -3.60. The lowest BCUT2D eigenvalue weighted by Crippen LogP contribution is -2.26. The van der Waals surface area contributed by atoms with Crippen LogP contribution in [-0.4, -0.2) is 26.7 Å². The lowest BCUT2D eigenvalue weighted by atomic mass is 10.1. The third-order valence-corrected chi connectivity index (χ3v) is 4.73. The van der Waals surface area contributed by atoms with Crippen molar-refractivity contribution in [2.75, 3.05) is 13.2 Å². The highest BCUT2D eigenvalue weighted by Crippen LogP contribution is 2.29. The van der Waals surface area contributed by atoms with Crippen LogP contribution in [0, 0.1) is 0 Å². The second-order valence-electron chi connectivity index (χ2n) is 3.71. The number of rotatable bonds is 4. The highest BCUT2D eigenvalue weighted by Gasteiger charge is 2.17. The molecule has 18 heavy (non-hydrogen) atoms. The third-order valence-electron chi connectivity index (χ3n) is 2.52. The van der Waals surface area contributed by atoms with Crippen LogP contribution in [0.1, 0.15) is 0 Å². The van der Waals surface area contributed by atoms with Crippen LogP contribution in [-0.2, 0) is 10.0 Å². The molecule has 0 atom stereocenters. The molecule has 0 saturated heterocycles. The molecule has 0 saturated carbocycles. The molecule has 0 aromatic heterocycles. The van der Waals surface area contributed by atoms with Crippen molar-refractivity contribution in [3.8, 4) is 0 Å². The van der Waals surface area contributed by atoms with E-state index < -0.39 is 10.0 Å². The predicted octanol–water partition coefficient (Wildman–Crippen LogP) is 1.87. The quantitative estimate of drug-likeness (QED) is 0.899. The Morgan fingerprint density at radius 3 is 2.44 bits per heavy atom. The molecule has 2 rings (SSSR count). The summed E-state index contributed by atoms with van der Waals surface area (Å²) in [5.41, 5.74) is 0. The van der Waals surface area contributed by atoms with Gasteiger partial charge in [-0.05, 0) is 17.5 Å². The van der Waals surface area contributed by atoms with Gasteiger partial charge in [0.2, 0.25) is 10.0 Å². The number of fused-ring (bicyclic) bond motifs is 1. The van der Waals surface area contributed by atoms with Gasteiger partial charge in [-0.15, -0.1) is 0 Å². The molecular formula is C12H12BrNO3S. The number of nitrogens with one attached hydrogen (secondary N) is 1. The fourth-order valence-corrected chi connectivity index (χ4v) is 3.43. The molecule has 2 aromatic rings. The van der Waals surface area contributed by atoms with E-state index in [0.717, 1.165) is 9.86 Å². The van der Waals surface area contributed by atoms with Crippen molar-refractivity contribution < 1.29 is 13.5 Å². The normalized spacial score (nSPS) is 11.9. The fraction of sp³-hybridized carbons (Fsp3) is 0.167. The minimum Gasteiger partial charge on any atom is -0.395 e. The van der Waals surface area contributed by atoms with Crippen LogP contribution in [0.25, 0.3) is 10.8 Å². The second kappa shape index (κ2) is 5.36. The molecular weight excluding hydrogens is 318 g/mol. The number of halogens is 1. The van der Waals surface area contributed by atoms with Gasteiger partial charge in [-0.1, -0.05) is 40.2 Å². The van der Waals surface area contributed by atoms with Gasteiger partial charge in [-0.25, -0.2) is 13.1 Å². The van der Waals surface area contributed by atoms with Gasteiger partial charge >= 0.3 is 0 Å². The number of aliphatic hydroxyl groups excluding tert-OH is 1. The Hall–Kier alpha value is -0.950. The maximum atomic E-state index is 12.1. The maximum Gasteiger partial charge on any atom is 0.241 e. The maximum absolute atomic E-state index is 12.1. The Morgan fingerprint density at radius 1 is 1.11 bits per heavy atom. The van der Waals surface area contributed by atoms with Gasteiger partial charge in [0.15, 0.2) is 0 Å². The van der Waals surface area contributed by atoms with E-state index in [2.05, 4.69) is 20.7 Å². The van der Waals surface area contributed by atoms with Gasteiger partial charge in [0.1, 0.15) is 0 Å². The molecule has 0 aliphatic carbocycles. The molecule has 4 nitrogen and oxygen atoms in total. The van der Waals surface area contributed by atoms with E-state index >= 15 is 0 Å². The average Bonchev–Trinajstić information content (AvgIpc) is 2.37. The van der Waals surface area contributed by atoms with Crippen LogP contribution < -0.4 is 4.72 Å². The van der Waals surface area contributed by atoms with Crippen LogP contribution >= 0.6 is 15.9 Å². The van der Waals surface area contributed by atoms with Crippen molar-refractivity contribution in [2.24, 2.45) is 0 Å². The Bertz CT molecular complexity index is 670. The first-order chi connectivity index (χ1) is 8.56. The summed E-state index contributed by atoms with van der Waals surface area (Å²) in [7, 11) is -3.60. The van der Waals surface area contributed by atoms with Crippen molar-refractivity contribution in [2.45, 2.75) is 4.90 Å². The van der Waals surface area contributed by atoms with E-state index in [1.807, 2.05) is 12.1 Å². The van der Waals surface area contributed by atoms with Gasteiger partial charge in [0.05, 0.1) is 11.5 Å². The summed E-state index contributed by atoms with van der Waals surface area (Å²) in [4.78, 5) is 0.217. The summed E-state index contributed by atoms with van der Waals surface area (Å²) < 4.78 is 27.3. The fourth-order valence-electron chi connectivity index (χ4n) is 1.73. The summed E-state index contributed by atoms with van der Waals surface area (Å²) in [5.74, 6) is 0. The monoisotopic (exact) mass is 329 g/mol. The summed E-state index contributed by atoms with van der Waals surface area (Å²) in [6.07, 6.45) is 0. The summed E-state index contributed by atoms with van der Waals surface area (Å²) in [5, 5.41) is 10.2. The largest absolute Gasteiger partial charge is 0.395 e. The first-order valence-corrected chi connectivity index (χ1v) is 7.61. The molecule has 0 spiro atoms. The molecule has 6 heteroatoms. The molecule has 0 radical (unpaired) electrons. The van der Waals surface area contributed by atoms with E-state index in [-0.39, 0.29) is 18.0 Å². The lowest BCUT2D eigenvalue weighted by Gasteiger charge is -2.09. The molecule has 96 valence electrons. The van der Waals surface area contributed by atoms with E-state index in [4.69, 9.17) is 5.11 Å². The van der Waals surface area contributed by atoms with E-state index in [1.54, 1.807) is 24.3 Å². The minimum absolute atomic E-state index is 0.00667. The topological polar surface area (TPSA) is 66.4 Å². The van der Waals surface area contributed by atoms with E-state index in [0.29, 0.717) is 5.39 Å². The molecule has 2 N–H and O–H groups in total.